The van der Waals surface area contributed by atoms with Crippen molar-refractivity contribution in [2.24, 2.45) is 0 Å². The van der Waals surface area contributed by atoms with E-state index in [1.807, 2.05) is 34.5 Å². The highest BCUT2D eigenvalue weighted by atomic mass is 35.5. The van der Waals surface area contributed by atoms with Crippen LogP contribution in [0, 0.1) is 0 Å². The normalized spacial score (nSPS) is 16.2. The van der Waals surface area contributed by atoms with Crippen molar-refractivity contribution >= 4 is 23.4 Å². The van der Waals surface area contributed by atoms with Crippen LogP contribution in [0.3, 0.4) is 0 Å². The third-order valence-electron chi connectivity index (χ3n) is 5.13. The second-order valence-corrected chi connectivity index (χ2v) is 7.67. The number of carbonyl (C=O) groups excluding carboxylic acids is 2. The van der Waals surface area contributed by atoms with Gasteiger partial charge in [0.1, 0.15) is 6.04 Å². The Morgan fingerprint density at radius 3 is 2.67 bits per heavy atom. The minimum absolute atomic E-state index is 0.111. The number of hydrogen-bond acceptors (Lipinski definition) is 2. The average Bonchev–Trinajstić information content (AvgIpc) is 2.67. The zero-order valence-corrected chi connectivity index (χ0v) is 17.2. The number of nitrogens with zero attached hydrogens (tertiary/aromatic N) is 1. The molecule has 27 heavy (non-hydrogen) atoms. The minimum Gasteiger partial charge on any atom is -0.351 e. The van der Waals surface area contributed by atoms with Gasteiger partial charge in [-0.25, -0.2) is 0 Å². The van der Waals surface area contributed by atoms with Gasteiger partial charge in [-0.1, -0.05) is 43.1 Å². The summed E-state index contributed by atoms with van der Waals surface area (Å²) in [6.07, 6.45) is 2.10. The highest BCUT2D eigenvalue weighted by Crippen LogP contribution is 2.19. The van der Waals surface area contributed by atoms with Crippen LogP contribution >= 0.6 is 11.6 Å². The predicted molar refractivity (Wildman–Crippen MR) is 107 cm³/mol. The van der Waals surface area contributed by atoms with Crippen molar-refractivity contribution in [3.05, 3.63) is 34.9 Å². The van der Waals surface area contributed by atoms with E-state index in [9.17, 15) is 9.59 Å². The summed E-state index contributed by atoms with van der Waals surface area (Å²) in [4.78, 5) is 27.6. The Balaban J connectivity index is 1.69. The Morgan fingerprint density at radius 2 is 2.00 bits per heavy atom. The van der Waals surface area contributed by atoms with Crippen molar-refractivity contribution in [2.45, 2.75) is 32.7 Å². The third kappa shape index (κ3) is 7.13. The summed E-state index contributed by atoms with van der Waals surface area (Å²) >= 11 is 6.23. The van der Waals surface area contributed by atoms with E-state index >= 15 is 0 Å². The fourth-order valence-corrected chi connectivity index (χ4v) is 3.63. The van der Waals surface area contributed by atoms with Crippen LogP contribution in [0.15, 0.2) is 24.3 Å². The summed E-state index contributed by atoms with van der Waals surface area (Å²) in [5.74, 6) is 0.264. The molecular weight excluding hydrogens is 364 g/mol. The molecule has 7 heteroatoms. The zero-order valence-electron chi connectivity index (χ0n) is 16.5. The number of carbonyl (C=O) groups is 2. The molecule has 1 aromatic rings. The molecule has 0 aromatic heterocycles. The smallest absolute Gasteiger partial charge is 0.278 e. The first-order chi connectivity index (χ1) is 13.0. The Bertz CT molecular complexity index is 618. The lowest BCUT2D eigenvalue weighted by Gasteiger charge is -2.31. The molecule has 1 aromatic carbocycles. The minimum atomic E-state index is 0.111. The molecule has 0 bridgehead atoms. The first-order valence-corrected chi connectivity index (χ1v) is 10.3. The summed E-state index contributed by atoms with van der Waals surface area (Å²) in [5, 5.41) is 5.73. The molecule has 2 amide bonds. The molecule has 1 aliphatic rings. The van der Waals surface area contributed by atoms with Gasteiger partial charge in [0.2, 0.25) is 0 Å². The molecule has 0 aliphatic carbocycles. The van der Waals surface area contributed by atoms with Gasteiger partial charge >= 0.3 is 0 Å². The lowest BCUT2D eigenvalue weighted by atomic mass is 10.1. The SMILES string of the molecule is CCCCNC(=O)C[NH+]1CCN(C(=O)C[NH2+][C@H](C)c2ccccc2Cl)CC1. The number of hydrogen-bond donors (Lipinski definition) is 3. The first-order valence-electron chi connectivity index (χ1n) is 9.97. The van der Waals surface area contributed by atoms with E-state index in [-0.39, 0.29) is 17.9 Å². The average molecular weight is 397 g/mol. The standard InChI is InChI=1S/C20H31ClN4O2/c1-3-4-9-22-19(26)15-24-10-12-25(13-11-24)20(27)14-23-16(2)17-7-5-6-8-18(17)21/h5-8,16,23H,3-4,9-15H2,1-2H3,(H,22,26)/p+2/t16-/m1/s1. The number of rotatable bonds is 9. The molecule has 0 radical (unpaired) electrons. The van der Waals surface area contributed by atoms with Crippen molar-refractivity contribution in [1.29, 1.82) is 0 Å². The van der Waals surface area contributed by atoms with E-state index in [4.69, 9.17) is 11.6 Å². The van der Waals surface area contributed by atoms with Crippen molar-refractivity contribution in [3.8, 4) is 0 Å². The molecule has 1 saturated heterocycles. The van der Waals surface area contributed by atoms with Gasteiger partial charge < -0.3 is 20.4 Å². The summed E-state index contributed by atoms with van der Waals surface area (Å²) < 4.78 is 0. The molecule has 6 nitrogen and oxygen atoms in total. The largest absolute Gasteiger partial charge is 0.351 e. The molecule has 1 aliphatic heterocycles. The third-order valence-corrected chi connectivity index (χ3v) is 5.47. The molecule has 2 rings (SSSR count). The second kappa shape index (κ2) is 11.3. The van der Waals surface area contributed by atoms with Crippen molar-refractivity contribution in [2.75, 3.05) is 45.8 Å². The molecule has 0 spiro atoms. The maximum absolute atomic E-state index is 12.5. The number of amides is 2. The first kappa shape index (κ1) is 21.7. The Morgan fingerprint density at radius 1 is 1.30 bits per heavy atom. The molecular formula is C20H33ClN4O2+2. The second-order valence-electron chi connectivity index (χ2n) is 7.26. The molecule has 0 unspecified atom stereocenters. The van der Waals surface area contributed by atoms with Gasteiger partial charge in [-0.15, -0.1) is 0 Å². The Hall–Kier alpha value is -1.63. The topological polar surface area (TPSA) is 70.5 Å². The summed E-state index contributed by atoms with van der Waals surface area (Å²) in [7, 11) is 0. The fourth-order valence-electron chi connectivity index (χ4n) is 3.32. The molecule has 0 saturated carbocycles. The van der Waals surface area contributed by atoms with Crippen LogP contribution in [0.4, 0.5) is 0 Å². The predicted octanol–water partition coefficient (Wildman–Crippen LogP) is -0.392. The fraction of sp³-hybridized carbons (Fsp3) is 0.600. The van der Waals surface area contributed by atoms with Gasteiger partial charge in [0.05, 0.1) is 26.2 Å². The molecule has 150 valence electrons. The van der Waals surface area contributed by atoms with Crippen LogP contribution < -0.4 is 15.5 Å². The molecule has 1 fully saturated rings. The van der Waals surface area contributed by atoms with Crippen molar-refractivity contribution < 1.29 is 19.8 Å². The number of halogens is 1. The van der Waals surface area contributed by atoms with Gasteiger partial charge in [0.25, 0.3) is 11.8 Å². The molecule has 1 heterocycles. The number of unbranched alkanes of at least 4 members (excludes halogenated alkanes) is 1. The van der Waals surface area contributed by atoms with Crippen molar-refractivity contribution in [1.82, 2.24) is 10.2 Å². The van der Waals surface area contributed by atoms with Gasteiger partial charge in [-0.3, -0.25) is 9.59 Å². The van der Waals surface area contributed by atoms with Gasteiger partial charge in [-0.05, 0) is 19.4 Å². The van der Waals surface area contributed by atoms with Crippen LogP contribution in [-0.2, 0) is 9.59 Å². The van der Waals surface area contributed by atoms with E-state index in [0.29, 0.717) is 26.2 Å². The van der Waals surface area contributed by atoms with Crippen LogP contribution in [0.25, 0.3) is 0 Å². The van der Waals surface area contributed by atoms with Crippen LogP contribution in [0.2, 0.25) is 5.02 Å². The van der Waals surface area contributed by atoms with Crippen LogP contribution in [-0.4, -0.2) is 62.5 Å². The van der Waals surface area contributed by atoms with Gasteiger partial charge in [0, 0.05) is 17.1 Å². The lowest BCUT2D eigenvalue weighted by molar-refractivity contribution is -0.896. The number of quaternary nitrogens is 2. The highest BCUT2D eigenvalue weighted by Gasteiger charge is 2.26. The van der Waals surface area contributed by atoms with Gasteiger partial charge in [0.15, 0.2) is 13.1 Å². The van der Waals surface area contributed by atoms with Crippen LogP contribution in [0.1, 0.15) is 38.3 Å². The summed E-state index contributed by atoms with van der Waals surface area (Å²) in [5.41, 5.74) is 1.05. The van der Waals surface area contributed by atoms with E-state index in [1.165, 1.54) is 4.90 Å². The Labute approximate surface area is 167 Å². The van der Waals surface area contributed by atoms with E-state index in [0.717, 1.165) is 43.1 Å². The number of nitrogens with two attached hydrogens (primary N) is 1. The van der Waals surface area contributed by atoms with E-state index in [1.54, 1.807) is 0 Å². The number of benzene rings is 1. The van der Waals surface area contributed by atoms with E-state index < -0.39 is 0 Å². The molecule has 1 atom stereocenters. The summed E-state index contributed by atoms with van der Waals surface area (Å²) in [6, 6.07) is 7.90. The lowest BCUT2D eigenvalue weighted by Crippen LogP contribution is -3.16. The van der Waals surface area contributed by atoms with Crippen molar-refractivity contribution in [3.63, 3.8) is 0 Å². The quantitative estimate of drug-likeness (QED) is 0.497. The Kier molecular flexibility index (Phi) is 9.04. The number of nitrogens with one attached hydrogen (secondary N) is 2. The monoisotopic (exact) mass is 396 g/mol. The number of piperazine rings is 1. The van der Waals surface area contributed by atoms with Crippen LogP contribution in [0.5, 0.6) is 0 Å². The van der Waals surface area contributed by atoms with Gasteiger partial charge in [-0.2, -0.15) is 0 Å². The summed E-state index contributed by atoms with van der Waals surface area (Å²) in [6.45, 7) is 8.93. The maximum Gasteiger partial charge on any atom is 0.278 e. The molecule has 4 N–H and O–H groups in total. The van der Waals surface area contributed by atoms with E-state index in [2.05, 4.69) is 19.2 Å². The zero-order chi connectivity index (χ0) is 19.6. The highest BCUT2D eigenvalue weighted by molar-refractivity contribution is 6.31. The maximum atomic E-state index is 12.5.